The quantitative estimate of drug-likeness (QED) is 0.381. The fourth-order valence-corrected chi connectivity index (χ4v) is 5.98. The second-order valence-electron chi connectivity index (χ2n) is 7.14. The summed E-state index contributed by atoms with van der Waals surface area (Å²) in [4.78, 5) is 36.3. The molecular weight excluding hydrogens is 480 g/mol. The highest BCUT2D eigenvalue weighted by molar-refractivity contribution is 7.18. The molecule has 0 radical (unpaired) electrons. The minimum Gasteiger partial charge on any atom is -0.454 e. The Labute approximate surface area is 198 Å². The number of thiazole rings is 1. The number of rotatable bonds is 5. The van der Waals surface area contributed by atoms with Crippen molar-refractivity contribution in [2.45, 2.75) is 6.54 Å². The Bertz CT molecular complexity index is 1550. The number of amides is 1. The van der Waals surface area contributed by atoms with Gasteiger partial charge in [0.15, 0.2) is 16.6 Å². The summed E-state index contributed by atoms with van der Waals surface area (Å²) >= 11 is 4.29. The molecule has 0 atom stereocenters. The summed E-state index contributed by atoms with van der Waals surface area (Å²) in [6.45, 7) is 0.0534. The molecule has 0 unspecified atom stereocenters. The van der Waals surface area contributed by atoms with Crippen molar-refractivity contribution in [3.8, 4) is 33.2 Å². The molecule has 0 fully saturated rings. The number of nitrogens with one attached hydrogen (secondary N) is 1. The number of hydrogen-bond acceptors (Lipinski definition) is 9. The van der Waals surface area contributed by atoms with Crippen LogP contribution in [0.15, 0.2) is 57.6 Å². The van der Waals surface area contributed by atoms with Gasteiger partial charge in [-0.25, -0.2) is 9.97 Å². The summed E-state index contributed by atoms with van der Waals surface area (Å²) in [6.07, 6.45) is 1.42. The van der Waals surface area contributed by atoms with Gasteiger partial charge in [-0.1, -0.05) is 6.07 Å². The van der Waals surface area contributed by atoms with Crippen LogP contribution in [0.2, 0.25) is 0 Å². The number of anilines is 1. The van der Waals surface area contributed by atoms with E-state index in [9.17, 15) is 9.59 Å². The normalized spacial score (nSPS) is 12.4. The molecule has 1 N–H and O–H groups in total. The molecule has 0 spiro atoms. The Kier molecular flexibility index (Phi) is 4.93. The number of aromatic nitrogens is 3. The molecule has 164 valence electrons. The van der Waals surface area contributed by atoms with Crippen LogP contribution in [0.5, 0.6) is 11.5 Å². The Morgan fingerprint density at radius 3 is 2.91 bits per heavy atom. The number of thiophene rings is 2. The molecule has 4 aromatic heterocycles. The first-order valence-corrected chi connectivity index (χ1v) is 12.5. The third-order valence-corrected chi connectivity index (χ3v) is 7.63. The van der Waals surface area contributed by atoms with Crippen molar-refractivity contribution in [1.29, 1.82) is 0 Å². The first-order valence-electron chi connectivity index (χ1n) is 9.81. The van der Waals surface area contributed by atoms with Crippen molar-refractivity contribution in [1.82, 2.24) is 14.5 Å². The lowest BCUT2D eigenvalue weighted by atomic mass is 10.1. The second kappa shape index (κ2) is 8.10. The van der Waals surface area contributed by atoms with Crippen LogP contribution in [0.3, 0.4) is 0 Å². The Morgan fingerprint density at radius 1 is 1.12 bits per heavy atom. The largest absolute Gasteiger partial charge is 0.454 e. The zero-order valence-corrected chi connectivity index (χ0v) is 19.3. The van der Waals surface area contributed by atoms with E-state index in [0.717, 1.165) is 16.0 Å². The Hall–Kier alpha value is -3.54. The summed E-state index contributed by atoms with van der Waals surface area (Å²) < 4.78 is 12.1. The lowest BCUT2D eigenvalue weighted by molar-refractivity contribution is -0.116. The van der Waals surface area contributed by atoms with E-state index in [1.165, 1.54) is 33.6 Å². The number of nitrogens with zero attached hydrogens (tertiary/aromatic N) is 3. The van der Waals surface area contributed by atoms with Gasteiger partial charge in [0.05, 0.1) is 17.4 Å². The van der Waals surface area contributed by atoms with Gasteiger partial charge in [0.2, 0.25) is 12.7 Å². The van der Waals surface area contributed by atoms with Crippen LogP contribution in [-0.4, -0.2) is 27.2 Å². The average Bonchev–Trinajstić information content (AvgIpc) is 3.60. The van der Waals surface area contributed by atoms with Crippen molar-refractivity contribution < 1.29 is 14.3 Å². The Morgan fingerprint density at radius 2 is 2.03 bits per heavy atom. The zero-order chi connectivity index (χ0) is 22.4. The summed E-state index contributed by atoms with van der Waals surface area (Å²) in [6, 6.07) is 9.49. The number of carbonyl (C=O) groups is 1. The highest BCUT2D eigenvalue weighted by atomic mass is 32.1. The second-order valence-corrected chi connectivity index (χ2v) is 9.80. The van der Waals surface area contributed by atoms with Gasteiger partial charge in [-0.05, 0) is 29.6 Å². The Balaban J connectivity index is 1.21. The molecule has 1 amide bonds. The smallest absolute Gasteiger partial charge is 0.263 e. The maximum Gasteiger partial charge on any atom is 0.263 e. The first kappa shape index (κ1) is 20.1. The monoisotopic (exact) mass is 494 g/mol. The SMILES string of the molecule is O=C(Cn1cnc2scc(-c3cccs3)c2c1=O)Nc1nc(-c2ccc3c(c2)OCO3)cs1. The van der Waals surface area contributed by atoms with E-state index >= 15 is 0 Å². The van der Waals surface area contributed by atoms with Crippen molar-refractivity contribution >= 4 is 55.3 Å². The molecule has 33 heavy (non-hydrogen) atoms. The number of ether oxygens (including phenoxy) is 2. The van der Waals surface area contributed by atoms with Crippen molar-refractivity contribution in [2.24, 2.45) is 0 Å². The average molecular weight is 495 g/mol. The maximum absolute atomic E-state index is 13.1. The summed E-state index contributed by atoms with van der Waals surface area (Å²) in [7, 11) is 0. The summed E-state index contributed by atoms with van der Waals surface area (Å²) in [5.74, 6) is 1.02. The van der Waals surface area contributed by atoms with E-state index in [0.29, 0.717) is 32.5 Å². The molecule has 0 aliphatic carbocycles. The highest BCUT2D eigenvalue weighted by Crippen LogP contribution is 2.37. The van der Waals surface area contributed by atoms with Gasteiger partial charge >= 0.3 is 0 Å². The molecule has 0 saturated carbocycles. The van der Waals surface area contributed by atoms with Gasteiger partial charge in [0, 0.05) is 26.8 Å². The molecule has 8 nitrogen and oxygen atoms in total. The minimum absolute atomic E-state index is 0.152. The van der Waals surface area contributed by atoms with Crippen LogP contribution < -0.4 is 20.3 Å². The van der Waals surface area contributed by atoms with Crippen LogP contribution in [-0.2, 0) is 11.3 Å². The van der Waals surface area contributed by atoms with Gasteiger partial charge < -0.3 is 14.8 Å². The van der Waals surface area contributed by atoms with E-state index in [4.69, 9.17) is 9.47 Å². The fraction of sp³-hybridized carbons (Fsp3) is 0.0909. The standard InChI is InChI=1S/C22H14N4O4S3/c27-18(25-22-24-14(9-33-22)12-3-4-15-16(6-12)30-11-29-15)7-26-10-23-20-19(21(26)28)13(8-32-20)17-2-1-5-31-17/h1-6,8-10H,7,11H2,(H,24,25,27). The van der Waals surface area contributed by atoms with Crippen LogP contribution >= 0.6 is 34.0 Å². The van der Waals surface area contributed by atoms with E-state index in [-0.39, 0.29) is 24.8 Å². The van der Waals surface area contributed by atoms with E-state index in [1.54, 1.807) is 11.3 Å². The maximum atomic E-state index is 13.1. The van der Waals surface area contributed by atoms with Gasteiger partial charge in [0.25, 0.3) is 5.56 Å². The van der Waals surface area contributed by atoms with Crippen molar-refractivity contribution in [3.63, 3.8) is 0 Å². The summed E-state index contributed by atoms with van der Waals surface area (Å²) in [5, 5.41) is 9.51. The van der Waals surface area contributed by atoms with Gasteiger partial charge in [-0.2, -0.15) is 0 Å². The molecule has 1 aromatic carbocycles. The van der Waals surface area contributed by atoms with Crippen LogP contribution in [0.4, 0.5) is 5.13 Å². The molecule has 6 rings (SSSR count). The lowest BCUT2D eigenvalue weighted by Gasteiger charge is -2.06. The molecule has 11 heteroatoms. The highest BCUT2D eigenvalue weighted by Gasteiger charge is 2.17. The molecule has 1 aliphatic rings. The predicted molar refractivity (Wildman–Crippen MR) is 129 cm³/mol. The minimum atomic E-state index is -0.349. The number of fused-ring (bicyclic) bond motifs is 2. The molecule has 5 heterocycles. The number of benzene rings is 1. The lowest BCUT2D eigenvalue weighted by Crippen LogP contribution is -2.27. The van der Waals surface area contributed by atoms with Crippen LogP contribution in [0.25, 0.3) is 31.9 Å². The van der Waals surface area contributed by atoms with Gasteiger partial charge in [-0.3, -0.25) is 14.2 Å². The van der Waals surface area contributed by atoms with Crippen molar-refractivity contribution in [3.05, 3.63) is 63.2 Å². The molecule has 1 aliphatic heterocycles. The number of carbonyl (C=O) groups excluding carboxylic acids is 1. The van der Waals surface area contributed by atoms with E-state index in [1.807, 2.05) is 46.5 Å². The molecule has 0 saturated heterocycles. The van der Waals surface area contributed by atoms with Gasteiger partial charge in [-0.15, -0.1) is 34.0 Å². The molecule has 5 aromatic rings. The van der Waals surface area contributed by atoms with Crippen LogP contribution in [0.1, 0.15) is 0 Å². The third-order valence-electron chi connectivity index (χ3n) is 5.08. The number of hydrogen-bond donors (Lipinski definition) is 1. The predicted octanol–water partition coefficient (Wildman–Crippen LogP) is 4.68. The first-order chi connectivity index (χ1) is 16.2. The zero-order valence-electron chi connectivity index (χ0n) is 16.8. The molecule has 0 bridgehead atoms. The van der Waals surface area contributed by atoms with Crippen molar-refractivity contribution in [2.75, 3.05) is 12.1 Å². The topological polar surface area (TPSA) is 95.3 Å². The third kappa shape index (κ3) is 3.69. The van der Waals surface area contributed by atoms with Gasteiger partial charge in [0.1, 0.15) is 11.4 Å². The van der Waals surface area contributed by atoms with E-state index < -0.39 is 0 Å². The van der Waals surface area contributed by atoms with E-state index in [2.05, 4.69) is 15.3 Å². The molecular formula is C22H14N4O4S3. The summed E-state index contributed by atoms with van der Waals surface area (Å²) in [5.41, 5.74) is 2.19. The fourth-order valence-electron chi connectivity index (χ4n) is 3.53. The van der Waals surface area contributed by atoms with Crippen LogP contribution in [0, 0.1) is 0 Å².